The minimum atomic E-state index is -0.632. The van der Waals surface area contributed by atoms with Gasteiger partial charge in [0.25, 0.3) is 0 Å². The van der Waals surface area contributed by atoms with Crippen molar-refractivity contribution in [3.05, 3.63) is 45.0 Å². The number of nitrogens with two attached hydrogens (primary N) is 1. The fraction of sp³-hybridized carbons (Fsp3) is 0. The molecule has 0 fully saturated rings. The minimum Gasteiger partial charge on any atom is -0.434 e. The van der Waals surface area contributed by atoms with Gasteiger partial charge in [-0.2, -0.15) is 4.98 Å². The molecule has 0 bridgehead atoms. The van der Waals surface area contributed by atoms with Gasteiger partial charge >= 0.3 is 11.6 Å². The second kappa shape index (κ2) is 4.96. The van der Waals surface area contributed by atoms with Crippen LogP contribution in [0.25, 0.3) is 0 Å². The summed E-state index contributed by atoms with van der Waals surface area (Å²) < 4.78 is 6.11. The monoisotopic (exact) mass is 310 g/mol. The van der Waals surface area contributed by atoms with Crippen LogP contribution in [-0.4, -0.2) is 14.9 Å². The van der Waals surface area contributed by atoms with Crippen LogP contribution >= 0.6 is 15.9 Å². The zero-order chi connectivity index (χ0) is 13.1. The summed E-state index contributed by atoms with van der Waals surface area (Å²) in [6.45, 7) is 0. The van der Waals surface area contributed by atoms with E-state index < -0.39 is 4.92 Å². The highest BCUT2D eigenvalue weighted by molar-refractivity contribution is 9.10. The third kappa shape index (κ3) is 2.72. The van der Waals surface area contributed by atoms with Crippen LogP contribution in [0, 0.1) is 10.1 Å². The number of nitrogen functional groups attached to an aromatic ring is 1. The molecule has 2 N–H and O–H groups in total. The SMILES string of the molecule is Nc1ncc([N+](=O)[O-])c(Oc2cccc(Br)c2)n1. The van der Waals surface area contributed by atoms with Gasteiger partial charge in [-0.3, -0.25) is 10.1 Å². The maximum absolute atomic E-state index is 10.8. The molecular weight excluding hydrogens is 304 g/mol. The maximum atomic E-state index is 10.8. The van der Waals surface area contributed by atoms with E-state index in [0.29, 0.717) is 5.75 Å². The average Bonchev–Trinajstić information content (AvgIpc) is 2.28. The molecule has 7 nitrogen and oxygen atoms in total. The second-order valence-electron chi connectivity index (χ2n) is 3.24. The first-order chi connectivity index (χ1) is 8.56. The molecule has 0 aliphatic heterocycles. The lowest BCUT2D eigenvalue weighted by atomic mass is 10.3. The average molecular weight is 311 g/mol. The Morgan fingerprint density at radius 1 is 1.44 bits per heavy atom. The molecule has 1 aromatic carbocycles. The number of halogens is 1. The molecule has 0 saturated heterocycles. The predicted octanol–water partition coefficient (Wildman–Crippen LogP) is 2.52. The van der Waals surface area contributed by atoms with Crippen LogP contribution in [0.3, 0.4) is 0 Å². The number of benzene rings is 1. The Hall–Kier alpha value is -2.22. The van der Waals surface area contributed by atoms with E-state index in [2.05, 4.69) is 25.9 Å². The molecule has 92 valence electrons. The quantitative estimate of drug-likeness (QED) is 0.690. The first kappa shape index (κ1) is 12.2. The molecule has 1 aromatic heterocycles. The Balaban J connectivity index is 2.39. The molecule has 0 amide bonds. The molecule has 0 atom stereocenters. The third-order valence-corrected chi connectivity index (χ3v) is 2.45. The van der Waals surface area contributed by atoms with Gasteiger partial charge in [-0.15, -0.1) is 0 Å². The number of anilines is 1. The number of hydrogen-bond acceptors (Lipinski definition) is 6. The zero-order valence-electron chi connectivity index (χ0n) is 8.91. The third-order valence-electron chi connectivity index (χ3n) is 1.96. The smallest absolute Gasteiger partial charge is 0.349 e. The second-order valence-corrected chi connectivity index (χ2v) is 4.15. The van der Waals surface area contributed by atoms with Crippen LogP contribution in [0.2, 0.25) is 0 Å². The first-order valence-corrected chi connectivity index (χ1v) is 5.56. The van der Waals surface area contributed by atoms with Crippen LogP contribution in [0.5, 0.6) is 11.6 Å². The fourth-order valence-electron chi connectivity index (χ4n) is 1.22. The highest BCUT2D eigenvalue weighted by atomic mass is 79.9. The fourth-order valence-corrected chi connectivity index (χ4v) is 1.59. The topological polar surface area (TPSA) is 104 Å². The molecule has 8 heteroatoms. The molecule has 0 unspecified atom stereocenters. The van der Waals surface area contributed by atoms with Gasteiger partial charge < -0.3 is 10.5 Å². The predicted molar refractivity (Wildman–Crippen MR) is 67.3 cm³/mol. The van der Waals surface area contributed by atoms with Crippen LogP contribution in [0.15, 0.2) is 34.9 Å². The summed E-state index contributed by atoms with van der Waals surface area (Å²) in [6, 6.07) is 6.83. The summed E-state index contributed by atoms with van der Waals surface area (Å²) >= 11 is 3.27. The minimum absolute atomic E-state index is 0.0920. The summed E-state index contributed by atoms with van der Waals surface area (Å²) in [5, 5.41) is 10.8. The van der Waals surface area contributed by atoms with Gasteiger partial charge in [0.15, 0.2) is 0 Å². The van der Waals surface area contributed by atoms with Gasteiger partial charge in [-0.05, 0) is 18.2 Å². The van der Waals surface area contributed by atoms with Crippen molar-refractivity contribution < 1.29 is 9.66 Å². The van der Waals surface area contributed by atoms with E-state index in [1.807, 2.05) is 0 Å². The largest absolute Gasteiger partial charge is 0.434 e. The van der Waals surface area contributed by atoms with E-state index in [4.69, 9.17) is 10.5 Å². The van der Waals surface area contributed by atoms with E-state index in [0.717, 1.165) is 10.7 Å². The van der Waals surface area contributed by atoms with Crippen LogP contribution in [0.4, 0.5) is 11.6 Å². The maximum Gasteiger partial charge on any atom is 0.349 e. The van der Waals surface area contributed by atoms with Crippen molar-refractivity contribution in [1.29, 1.82) is 0 Å². The highest BCUT2D eigenvalue weighted by Gasteiger charge is 2.19. The summed E-state index contributed by atoms with van der Waals surface area (Å²) in [5.74, 6) is 0.127. The Labute approximate surface area is 110 Å². The summed E-state index contributed by atoms with van der Waals surface area (Å²) in [7, 11) is 0. The van der Waals surface area contributed by atoms with Crippen molar-refractivity contribution in [2.24, 2.45) is 0 Å². The lowest BCUT2D eigenvalue weighted by molar-refractivity contribution is -0.386. The molecule has 1 heterocycles. The number of rotatable bonds is 3. The summed E-state index contributed by atoms with van der Waals surface area (Å²) in [5.41, 5.74) is 5.03. The number of ether oxygens (including phenoxy) is 1. The Bertz CT molecular complexity index is 605. The van der Waals surface area contributed by atoms with Crippen LogP contribution < -0.4 is 10.5 Å². The standard InChI is InChI=1S/C10H7BrN4O3/c11-6-2-1-3-7(4-6)18-9-8(15(16)17)5-13-10(12)14-9/h1-5H,(H2,12,13,14). The molecule has 2 rings (SSSR count). The van der Waals surface area contributed by atoms with Gasteiger partial charge in [-0.25, -0.2) is 4.98 Å². The van der Waals surface area contributed by atoms with Crippen LogP contribution in [-0.2, 0) is 0 Å². The van der Waals surface area contributed by atoms with E-state index in [1.54, 1.807) is 24.3 Å². The highest BCUT2D eigenvalue weighted by Crippen LogP contribution is 2.29. The van der Waals surface area contributed by atoms with Gasteiger partial charge in [0.05, 0.1) is 4.92 Å². The normalized spacial score (nSPS) is 10.1. The Kier molecular flexibility index (Phi) is 3.38. The molecular formula is C10H7BrN4O3. The molecule has 0 spiro atoms. The van der Waals surface area contributed by atoms with E-state index in [1.165, 1.54) is 0 Å². The van der Waals surface area contributed by atoms with Gasteiger partial charge in [0.2, 0.25) is 5.95 Å². The molecule has 2 aromatic rings. The van der Waals surface area contributed by atoms with E-state index in [-0.39, 0.29) is 17.5 Å². The van der Waals surface area contributed by atoms with Gasteiger partial charge in [0.1, 0.15) is 11.9 Å². The molecule has 0 aliphatic carbocycles. The van der Waals surface area contributed by atoms with Crippen molar-refractivity contribution in [2.45, 2.75) is 0 Å². The van der Waals surface area contributed by atoms with Gasteiger partial charge in [0, 0.05) is 4.47 Å². The molecule has 0 saturated carbocycles. The Morgan fingerprint density at radius 3 is 2.89 bits per heavy atom. The lowest BCUT2D eigenvalue weighted by Crippen LogP contribution is -2.01. The summed E-state index contributed by atoms with van der Waals surface area (Å²) in [6.07, 6.45) is 1.01. The van der Waals surface area contributed by atoms with Gasteiger partial charge in [-0.1, -0.05) is 22.0 Å². The lowest BCUT2D eigenvalue weighted by Gasteiger charge is -2.05. The van der Waals surface area contributed by atoms with Crippen molar-refractivity contribution in [2.75, 3.05) is 5.73 Å². The molecule has 0 radical (unpaired) electrons. The number of nitrogens with zero attached hydrogens (tertiary/aromatic N) is 3. The van der Waals surface area contributed by atoms with Crippen molar-refractivity contribution in [3.63, 3.8) is 0 Å². The van der Waals surface area contributed by atoms with Crippen molar-refractivity contribution in [3.8, 4) is 11.6 Å². The number of nitro groups is 1. The van der Waals surface area contributed by atoms with Crippen LogP contribution in [0.1, 0.15) is 0 Å². The van der Waals surface area contributed by atoms with Crippen molar-refractivity contribution >= 4 is 27.6 Å². The number of hydrogen-bond donors (Lipinski definition) is 1. The van der Waals surface area contributed by atoms with Crippen molar-refractivity contribution in [1.82, 2.24) is 9.97 Å². The summed E-state index contributed by atoms with van der Waals surface area (Å²) in [4.78, 5) is 17.4. The number of aromatic nitrogens is 2. The molecule has 0 aliphatic rings. The van der Waals surface area contributed by atoms with E-state index in [9.17, 15) is 10.1 Å². The van der Waals surface area contributed by atoms with E-state index >= 15 is 0 Å². The first-order valence-electron chi connectivity index (χ1n) is 4.76. The zero-order valence-corrected chi connectivity index (χ0v) is 10.5. The molecule has 18 heavy (non-hydrogen) atoms. The Morgan fingerprint density at radius 2 is 2.22 bits per heavy atom.